The first-order valence-electron chi connectivity index (χ1n) is 11.0. The van der Waals surface area contributed by atoms with Crippen molar-refractivity contribution in [3.8, 4) is 22.7 Å². The summed E-state index contributed by atoms with van der Waals surface area (Å²) in [5.74, 6) is -3.32. The molecule has 182 valence electrons. The van der Waals surface area contributed by atoms with E-state index in [1.165, 1.54) is 6.20 Å². The fourth-order valence-electron chi connectivity index (χ4n) is 3.88. The summed E-state index contributed by atoms with van der Waals surface area (Å²) >= 11 is 0. The molecule has 1 aromatic carbocycles. The molecule has 0 spiro atoms. The van der Waals surface area contributed by atoms with E-state index in [0.717, 1.165) is 11.1 Å². The molecular weight excluding hydrogens is 466 g/mol. The van der Waals surface area contributed by atoms with E-state index in [2.05, 4.69) is 25.5 Å². The summed E-state index contributed by atoms with van der Waals surface area (Å²) in [6, 6.07) is 11.2. The van der Waals surface area contributed by atoms with Gasteiger partial charge in [-0.3, -0.25) is 9.88 Å². The molecule has 4 heterocycles. The van der Waals surface area contributed by atoms with Gasteiger partial charge in [0.15, 0.2) is 0 Å². The maximum absolute atomic E-state index is 13.4. The van der Waals surface area contributed by atoms with E-state index in [-0.39, 0.29) is 18.7 Å². The molecule has 3 aromatic heterocycles. The van der Waals surface area contributed by atoms with Crippen molar-refractivity contribution in [3.05, 3.63) is 65.9 Å². The van der Waals surface area contributed by atoms with Crippen molar-refractivity contribution in [3.63, 3.8) is 0 Å². The minimum absolute atomic E-state index is 0.0273. The van der Waals surface area contributed by atoms with Crippen LogP contribution in [0.3, 0.4) is 0 Å². The Morgan fingerprint density at radius 3 is 2.51 bits per heavy atom. The Hall–Kier alpha value is -3.67. The Kier molecular flexibility index (Phi) is 6.29. The van der Waals surface area contributed by atoms with Gasteiger partial charge in [0.1, 0.15) is 5.69 Å². The maximum Gasteiger partial charge on any atom is 0.314 e. The second-order valence-electron chi connectivity index (χ2n) is 8.42. The minimum Gasteiger partial charge on any atom is -0.415 e. The van der Waals surface area contributed by atoms with Crippen molar-refractivity contribution in [2.24, 2.45) is 0 Å². The highest BCUT2D eigenvalue weighted by Crippen LogP contribution is 2.29. The van der Waals surface area contributed by atoms with Crippen LogP contribution in [0.4, 0.5) is 17.6 Å². The molecule has 0 atom stereocenters. The first kappa shape index (κ1) is 23.1. The molecule has 12 heteroatoms. The van der Waals surface area contributed by atoms with E-state index in [9.17, 15) is 17.6 Å². The monoisotopic (exact) mass is 487 g/mol. The predicted octanol–water partition coefficient (Wildman–Crippen LogP) is 4.61. The number of benzene rings is 1. The van der Waals surface area contributed by atoms with Crippen molar-refractivity contribution in [2.75, 3.05) is 13.1 Å². The van der Waals surface area contributed by atoms with Crippen molar-refractivity contribution in [2.45, 2.75) is 38.3 Å². The maximum atomic E-state index is 13.4. The molecule has 1 fully saturated rings. The summed E-state index contributed by atoms with van der Waals surface area (Å²) in [5, 5.41) is 15.3. The fourth-order valence-corrected chi connectivity index (χ4v) is 3.88. The Labute approximate surface area is 197 Å². The first-order chi connectivity index (χ1) is 16.8. The number of hydrogen-bond acceptors (Lipinski definition) is 7. The molecule has 5 rings (SSSR count). The molecule has 35 heavy (non-hydrogen) atoms. The van der Waals surface area contributed by atoms with Crippen molar-refractivity contribution in [1.29, 1.82) is 0 Å². The quantitative estimate of drug-likeness (QED) is 0.352. The van der Waals surface area contributed by atoms with Gasteiger partial charge in [0.2, 0.25) is 5.89 Å². The zero-order chi connectivity index (χ0) is 24.4. The number of halogens is 4. The third-order valence-electron chi connectivity index (χ3n) is 5.78. The summed E-state index contributed by atoms with van der Waals surface area (Å²) in [5.41, 5.74) is 3.69. The van der Waals surface area contributed by atoms with E-state index in [0.29, 0.717) is 43.1 Å². The molecule has 8 nitrogen and oxygen atoms in total. The first-order valence-corrected chi connectivity index (χ1v) is 11.0. The second kappa shape index (κ2) is 9.53. The van der Waals surface area contributed by atoms with Crippen LogP contribution in [0.15, 0.2) is 53.2 Å². The molecule has 0 radical (unpaired) electrons. The molecule has 1 saturated heterocycles. The number of hydrogen-bond donors (Lipinski definition) is 0. The van der Waals surface area contributed by atoms with E-state index in [4.69, 9.17) is 4.42 Å². The van der Waals surface area contributed by atoms with Crippen LogP contribution in [-0.4, -0.2) is 54.1 Å². The summed E-state index contributed by atoms with van der Waals surface area (Å²) in [7, 11) is 0. The minimum atomic E-state index is -2.83. The van der Waals surface area contributed by atoms with Crippen LogP contribution in [0, 0.1) is 0 Å². The van der Waals surface area contributed by atoms with Gasteiger partial charge in [0, 0.05) is 44.2 Å². The molecule has 0 N–H and O–H groups in total. The number of piperidine rings is 1. The van der Waals surface area contributed by atoms with Gasteiger partial charge in [-0.2, -0.15) is 8.78 Å². The number of rotatable bonds is 7. The number of nitrogens with zero attached hydrogens (tertiary/aromatic N) is 7. The summed E-state index contributed by atoms with van der Waals surface area (Å²) < 4.78 is 58.6. The van der Waals surface area contributed by atoms with Crippen LogP contribution < -0.4 is 0 Å². The molecule has 0 saturated carbocycles. The van der Waals surface area contributed by atoms with E-state index in [1.54, 1.807) is 23.0 Å². The highest BCUT2D eigenvalue weighted by molar-refractivity contribution is 5.58. The summed E-state index contributed by atoms with van der Waals surface area (Å²) in [6.45, 7) is 1.70. The molecule has 0 aliphatic carbocycles. The SMILES string of the molecule is FC(F)c1nnc(-c2ccc(Cn3cc(-c4cccc(CN5CCC(F)(F)CC5)c4)nn3)nc2)o1. The van der Waals surface area contributed by atoms with E-state index < -0.39 is 18.2 Å². The average Bonchev–Trinajstić information content (AvgIpc) is 3.52. The lowest BCUT2D eigenvalue weighted by Crippen LogP contribution is -2.38. The van der Waals surface area contributed by atoms with Gasteiger partial charge in [-0.05, 0) is 23.8 Å². The Morgan fingerprint density at radius 1 is 0.971 bits per heavy atom. The molecule has 0 amide bonds. The van der Waals surface area contributed by atoms with Gasteiger partial charge in [-0.25, -0.2) is 13.5 Å². The van der Waals surface area contributed by atoms with Crippen LogP contribution in [0.25, 0.3) is 22.7 Å². The zero-order valence-electron chi connectivity index (χ0n) is 18.5. The Morgan fingerprint density at radius 2 is 1.80 bits per heavy atom. The van der Waals surface area contributed by atoms with Crippen molar-refractivity contribution in [1.82, 2.24) is 35.1 Å². The summed E-state index contributed by atoms with van der Waals surface area (Å²) in [6.07, 6.45) is 0.214. The van der Waals surface area contributed by atoms with E-state index in [1.807, 2.05) is 29.2 Å². The highest BCUT2D eigenvalue weighted by atomic mass is 19.3. The second-order valence-corrected chi connectivity index (χ2v) is 8.42. The third kappa shape index (κ3) is 5.53. The zero-order valence-corrected chi connectivity index (χ0v) is 18.5. The van der Waals surface area contributed by atoms with Crippen molar-refractivity contribution < 1.29 is 22.0 Å². The fraction of sp³-hybridized carbons (Fsp3) is 0.348. The van der Waals surface area contributed by atoms with Gasteiger partial charge in [0.05, 0.1) is 24.0 Å². The molecule has 0 bridgehead atoms. The van der Waals surface area contributed by atoms with Gasteiger partial charge < -0.3 is 4.42 Å². The van der Waals surface area contributed by atoms with Gasteiger partial charge in [0.25, 0.3) is 11.8 Å². The topological polar surface area (TPSA) is 85.8 Å². The number of pyridine rings is 1. The molecule has 4 aromatic rings. The highest BCUT2D eigenvalue weighted by Gasteiger charge is 2.33. The molecule has 1 aliphatic rings. The van der Waals surface area contributed by atoms with Crippen LogP contribution >= 0.6 is 0 Å². The lowest BCUT2D eigenvalue weighted by molar-refractivity contribution is -0.0566. The normalized spacial score (nSPS) is 16.1. The number of likely N-dealkylation sites (tertiary alicyclic amines) is 1. The number of alkyl halides is 4. The van der Waals surface area contributed by atoms with Crippen LogP contribution in [-0.2, 0) is 13.1 Å². The van der Waals surface area contributed by atoms with Gasteiger partial charge in [-0.1, -0.05) is 23.4 Å². The molecular formula is C23H21F4N7O. The lowest BCUT2D eigenvalue weighted by atomic mass is 10.0. The van der Waals surface area contributed by atoms with Crippen LogP contribution in [0.5, 0.6) is 0 Å². The largest absolute Gasteiger partial charge is 0.415 e. The molecule has 1 aliphatic heterocycles. The van der Waals surface area contributed by atoms with Gasteiger partial charge in [-0.15, -0.1) is 15.3 Å². The third-order valence-corrected chi connectivity index (χ3v) is 5.78. The Balaban J connectivity index is 1.23. The van der Waals surface area contributed by atoms with Crippen LogP contribution in [0.1, 0.15) is 36.4 Å². The van der Waals surface area contributed by atoms with E-state index >= 15 is 0 Å². The van der Waals surface area contributed by atoms with Gasteiger partial charge >= 0.3 is 6.43 Å². The number of aromatic nitrogens is 6. The van der Waals surface area contributed by atoms with Crippen molar-refractivity contribution >= 4 is 0 Å². The molecule has 0 unspecified atom stereocenters. The standard InChI is InChI=1S/C23H21F4N7O/c24-20(25)22-31-30-21(35-22)17-4-5-18(28-11-17)13-34-14-19(29-32-34)16-3-1-2-15(10-16)12-33-8-6-23(26,27)7-9-33/h1-5,10-11,14,20H,6-9,12-13H2. The lowest BCUT2D eigenvalue weighted by Gasteiger charge is -2.31. The Bertz CT molecular complexity index is 1280. The van der Waals surface area contributed by atoms with Crippen LogP contribution in [0.2, 0.25) is 0 Å². The average molecular weight is 487 g/mol. The smallest absolute Gasteiger partial charge is 0.314 e. The summed E-state index contributed by atoms with van der Waals surface area (Å²) in [4.78, 5) is 6.35. The predicted molar refractivity (Wildman–Crippen MR) is 117 cm³/mol.